The maximum Gasteiger partial charge on any atom is 0.346 e. The van der Waals surface area contributed by atoms with Crippen molar-refractivity contribution >= 4 is 11.8 Å². The molecule has 1 aliphatic heterocycles. The summed E-state index contributed by atoms with van der Waals surface area (Å²) in [6, 6.07) is 1.78. The molecule has 3 heterocycles. The topological polar surface area (TPSA) is 89.2 Å². The zero-order chi connectivity index (χ0) is 15.7. The largest absolute Gasteiger partial charge is 0.347 e. The Morgan fingerprint density at radius 1 is 0.955 bits per heavy atom. The summed E-state index contributed by atoms with van der Waals surface area (Å²) < 4.78 is 2.26. The van der Waals surface area contributed by atoms with Crippen LogP contribution >= 0.6 is 0 Å². The Bertz CT molecular complexity index is 775. The molecule has 116 valence electrons. The highest BCUT2D eigenvalue weighted by Crippen LogP contribution is 2.12. The van der Waals surface area contributed by atoms with Gasteiger partial charge >= 0.3 is 5.69 Å². The summed E-state index contributed by atoms with van der Waals surface area (Å²) in [5.41, 5.74) is -0.794. The normalized spacial score (nSPS) is 15.2. The number of piperazine rings is 1. The second-order valence-corrected chi connectivity index (χ2v) is 5.12. The van der Waals surface area contributed by atoms with Crippen LogP contribution in [0, 0.1) is 0 Å². The molecule has 0 aliphatic carbocycles. The van der Waals surface area contributed by atoms with E-state index in [0.29, 0.717) is 37.9 Å². The molecule has 0 N–H and O–H groups in total. The second-order valence-electron chi connectivity index (χ2n) is 5.12. The average molecular weight is 303 g/mol. The van der Waals surface area contributed by atoms with E-state index in [1.165, 1.54) is 11.7 Å². The summed E-state index contributed by atoms with van der Waals surface area (Å²) in [6.07, 6.45) is 3.41. The van der Waals surface area contributed by atoms with Gasteiger partial charge in [-0.3, -0.25) is 9.36 Å². The molecule has 1 saturated heterocycles. The van der Waals surface area contributed by atoms with Gasteiger partial charge in [0.05, 0.1) is 0 Å². The summed E-state index contributed by atoms with van der Waals surface area (Å²) >= 11 is 0. The van der Waals surface area contributed by atoms with Crippen LogP contribution in [-0.4, -0.2) is 50.5 Å². The van der Waals surface area contributed by atoms with Gasteiger partial charge in [0.25, 0.3) is 5.56 Å². The maximum atomic E-state index is 12.2. The van der Waals surface area contributed by atoms with Crippen LogP contribution in [0.25, 0.3) is 0 Å². The van der Waals surface area contributed by atoms with E-state index < -0.39 is 5.69 Å². The summed E-state index contributed by atoms with van der Waals surface area (Å²) in [7, 11) is 3.00. The van der Waals surface area contributed by atoms with Gasteiger partial charge in [0, 0.05) is 52.7 Å². The molecular weight excluding hydrogens is 286 g/mol. The van der Waals surface area contributed by atoms with Crippen molar-refractivity contribution in [1.29, 1.82) is 0 Å². The smallest absolute Gasteiger partial charge is 0.346 e. The van der Waals surface area contributed by atoms with Crippen LogP contribution in [0.2, 0.25) is 0 Å². The Hall–Kier alpha value is -2.71. The Morgan fingerprint density at radius 3 is 2.18 bits per heavy atom. The third-order valence-corrected chi connectivity index (χ3v) is 3.72. The molecule has 1 aliphatic rings. The van der Waals surface area contributed by atoms with E-state index in [0.717, 1.165) is 4.57 Å². The van der Waals surface area contributed by atoms with E-state index in [-0.39, 0.29) is 5.56 Å². The number of aryl methyl sites for hydroxylation is 1. The molecule has 0 saturated carbocycles. The third-order valence-electron chi connectivity index (χ3n) is 3.72. The summed E-state index contributed by atoms with van der Waals surface area (Å²) in [4.78, 5) is 36.3. The first-order valence-electron chi connectivity index (χ1n) is 6.99. The first-order chi connectivity index (χ1) is 10.6. The molecular formula is C13H17N7O2. The van der Waals surface area contributed by atoms with Crippen LogP contribution in [0.5, 0.6) is 0 Å². The molecule has 9 heteroatoms. The van der Waals surface area contributed by atoms with Crippen LogP contribution in [0.4, 0.5) is 11.8 Å². The first-order valence-corrected chi connectivity index (χ1v) is 6.99. The van der Waals surface area contributed by atoms with Gasteiger partial charge in [-0.15, -0.1) is 5.10 Å². The maximum absolute atomic E-state index is 12.2. The van der Waals surface area contributed by atoms with E-state index in [4.69, 9.17) is 0 Å². The molecule has 0 amide bonds. The van der Waals surface area contributed by atoms with Crippen LogP contribution in [0.15, 0.2) is 28.0 Å². The van der Waals surface area contributed by atoms with Crippen LogP contribution in [0.1, 0.15) is 0 Å². The molecule has 22 heavy (non-hydrogen) atoms. The summed E-state index contributed by atoms with van der Waals surface area (Å²) in [6.45, 7) is 2.63. The minimum Gasteiger partial charge on any atom is -0.347 e. The standard InChI is InChI=1S/C13H17N7O2/c1-17-11(21)10(16-18(2)13(17)22)19-6-8-20(9-7-19)12-14-4-3-5-15-12/h3-5H,6-9H2,1-2H3. The third kappa shape index (κ3) is 2.45. The van der Waals surface area contributed by atoms with Gasteiger partial charge in [0.2, 0.25) is 11.8 Å². The highest BCUT2D eigenvalue weighted by atomic mass is 16.2. The van der Waals surface area contributed by atoms with Crippen molar-refractivity contribution < 1.29 is 0 Å². The fourth-order valence-electron chi connectivity index (χ4n) is 2.45. The van der Waals surface area contributed by atoms with Crippen molar-refractivity contribution in [1.82, 2.24) is 24.3 Å². The van der Waals surface area contributed by atoms with Crippen molar-refractivity contribution in [2.24, 2.45) is 14.1 Å². The van der Waals surface area contributed by atoms with Gasteiger partial charge in [0.15, 0.2) is 0 Å². The van der Waals surface area contributed by atoms with Crippen LogP contribution in [-0.2, 0) is 14.1 Å². The molecule has 0 radical (unpaired) electrons. The molecule has 1 fully saturated rings. The summed E-state index contributed by atoms with van der Waals surface area (Å²) in [5.74, 6) is 0.988. The molecule has 2 aromatic heterocycles. The van der Waals surface area contributed by atoms with Gasteiger partial charge < -0.3 is 9.80 Å². The van der Waals surface area contributed by atoms with Gasteiger partial charge in [-0.2, -0.15) is 0 Å². The number of hydrogen-bond donors (Lipinski definition) is 0. The van der Waals surface area contributed by atoms with Crippen molar-refractivity contribution in [3.8, 4) is 0 Å². The molecule has 3 rings (SSSR count). The van der Waals surface area contributed by atoms with Gasteiger partial charge in [-0.1, -0.05) is 0 Å². The quantitative estimate of drug-likeness (QED) is 0.674. The molecule has 0 bridgehead atoms. The zero-order valence-electron chi connectivity index (χ0n) is 12.5. The Labute approximate surface area is 126 Å². The number of rotatable bonds is 2. The molecule has 0 atom stereocenters. The molecule has 0 spiro atoms. The van der Waals surface area contributed by atoms with E-state index in [2.05, 4.69) is 20.0 Å². The number of aromatic nitrogens is 5. The minimum atomic E-state index is -0.426. The minimum absolute atomic E-state index is 0.304. The van der Waals surface area contributed by atoms with Crippen LogP contribution < -0.4 is 21.0 Å². The predicted molar refractivity (Wildman–Crippen MR) is 81.2 cm³/mol. The Balaban J connectivity index is 1.80. The molecule has 0 aromatic carbocycles. The van der Waals surface area contributed by atoms with Crippen LogP contribution in [0.3, 0.4) is 0 Å². The van der Waals surface area contributed by atoms with Crippen molar-refractivity contribution in [2.75, 3.05) is 36.0 Å². The number of hydrogen-bond acceptors (Lipinski definition) is 7. The Morgan fingerprint density at radius 2 is 1.55 bits per heavy atom. The SMILES string of the molecule is Cn1nc(N2CCN(c3ncccn3)CC2)c(=O)n(C)c1=O. The lowest BCUT2D eigenvalue weighted by atomic mass is 10.3. The first kappa shape index (κ1) is 14.2. The van der Waals surface area contributed by atoms with E-state index >= 15 is 0 Å². The lowest BCUT2D eigenvalue weighted by Gasteiger charge is -2.34. The van der Waals surface area contributed by atoms with Gasteiger partial charge in [-0.05, 0) is 6.07 Å². The van der Waals surface area contributed by atoms with Crippen molar-refractivity contribution in [3.63, 3.8) is 0 Å². The molecule has 0 unspecified atom stereocenters. The van der Waals surface area contributed by atoms with Gasteiger partial charge in [0.1, 0.15) is 0 Å². The number of anilines is 2. The van der Waals surface area contributed by atoms with E-state index in [9.17, 15) is 9.59 Å². The average Bonchev–Trinajstić information content (AvgIpc) is 2.57. The highest BCUT2D eigenvalue weighted by Gasteiger charge is 2.23. The second kappa shape index (κ2) is 5.58. The predicted octanol–water partition coefficient (Wildman–Crippen LogP) is -1.40. The van der Waals surface area contributed by atoms with Crippen molar-refractivity contribution in [3.05, 3.63) is 39.3 Å². The fourth-order valence-corrected chi connectivity index (χ4v) is 2.45. The zero-order valence-corrected chi connectivity index (χ0v) is 12.5. The lowest BCUT2D eigenvalue weighted by molar-refractivity contribution is 0.569. The van der Waals surface area contributed by atoms with Gasteiger partial charge in [-0.25, -0.2) is 19.4 Å². The van der Waals surface area contributed by atoms with E-state index in [1.807, 2.05) is 4.90 Å². The lowest BCUT2D eigenvalue weighted by Crippen LogP contribution is -2.51. The van der Waals surface area contributed by atoms with Crippen molar-refractivity contribution in [2.45, 2.75) is 0 Å². The Kier molecular flexibility index (Phi) is 3.61. The number of nitrogens with zero attached hydrogens (tertiary/aromatic N) is 7. The fraction of sp³-hybridized carbons (Fsp3) is 0.462. The highest BCUT2D eigenvalue weighted by molar-refractivity contribution is 5.39. The van der Waals surface area contributed by atoms with E-state index in [1.54, 1.807) is 25.5 Å². The molecule has 2 aromatic rings. The summed E-state index contributed by atoms with van der Waals surface area (Å²) in [5, 5.41) is 4.10. The molecule has 9 nitrogen and oxygen atoms in total. The monoisotopic (exact) mass is 303 g/mol.